The smallest absolute Gasteiger partial charge is 0.338 e. The molecule has 2 aromatic carbocycles. The number of aromatic nitrogens is 2. The molecular formula is C29H29FN2O5S2. The van der Waals surface area contributed by atoms with E-state index >= 15 is 4.39 Å². The molecule has 0 N–H and O–H groups in total. The van der Waals surface area contributed by atoms with Gasteiger partial charge in [0, 0.05) is 10.8 Å². The van der Waals surface area contributed by atoms with Crippen molar-refractivity contribution in [2.75, 3.05) is 12.9 Å². The van der Waals surface area contributed by atoms with Crippen molar-refractivity contribution in [3.05, 3.63) is 88.4 Å². The van der Waals surface area contributed by atoms with Crippen molar-refractivity contribution in [1.82, 2.24) is 9.97 Å². The highest BCUT2D eigenvalue weighted by Gasteiger charge is 2.39. The minimum atomic E-state index is -1.63. The van der Waals surface area contributed by atoms with Crippen LogP contribution in [0.5, 0.6) is 0 Å². The lowest BCUT2D eigenvalue weighted by Crippen LogP contribution is -2.46. The molecule has 39 heavy (non-hydrogen) atoms. The third kappa shape index (κ3) is 6.81. The molecule has 0 amide bonds. The van der Waals surface area contributed by atoms with Gasteiger partial charge in [-0.15, -0.1) is 23.1 Å². The molecule has 0 unspecified atom stereocenters. The average molecular weight is 569 g/mol. The monoisotopic (exact) mass is 568 g/mol. The molecule has 2 aromatic heterocycles. The minimum absolute atomic E-state index is 0.271. The number of ether oxygens (including phenoxy) is 3. The Morgan fingerprint density at radius 1 is 1.00 bits per heavy atom. The summed E-state index contributed by atoms with van der Waals surface area (Å²) >= 11 is 2.95. The highest BCUT2D eigenvalue weighted by molar-refractivity contribution is 7.98. The number of nitrogens with zero attached hydrogens (tertiary/aromatic N) is 2. The quantitative estimate of drug-likeness (QED) is 0.116. The molecule has 0 saturated carbocycles. The minimum Gasteiger partial charge on any atom is -0.459 e. The molecule has 0 radical (unpaired) electrons. The van der Waals surface area contributed by atoms with Gasteiger partial charge in [-0.2, -0.15) is 0 Å². The lowest BCUT2D eigenvalue weighted by Gasteiger charge is -2.34. The maximum absolute atomic E-state index is 15.1. The van der Waals surface area contributed by atoms with Crippen LogP contribution in [0.1, 0.15) is 46.4 Å². The van der Waals surface area contributed by atoms with E-state index in [1.54, 1.807) is 60.7 Å². The number of thioether (sulfide) groups is 1. The van der Waals surface area contributed by atoms with Gasteiger partial charge in [-0.25, -0.2) is 23.9 Å². The van der Waals surface area contributed by atoms with E-state index in [1.807, 2.05) is 25.5 Å². The van der Waals surface area contributed by atoms with Crippen LogP contribution in [0.2, 0.25) is 0 Å². The number of esters is 2. The molecule has 0 aliphatic rings. The summed E-state index contributed by atoms with van der Waals surface area (Å²) in [6, 6.07) is 16.8. The Hall–Kier alpha value is -3.34. The van der Waals surface area contributed by atoms with E-state index in [1.165, 1.54) is 36.3 Å². The van der Waals surface area contributed by atoms with Gasteiger partial charge in [0.05, 0.1) is 27.1 Å². The predicted molar refractivity (Wildman–Crippen MR) is 150 cm³/mol. The van der Waals surface area contributed by atoms with Crippen LogP contribution in [0.15, 0.2) is 77.4 Å². The first-order valence-corrected chi connectivity index (χ1v) is 14.4. The fourth-order valence-electron chi connectivity index (χ4n) is 4.10. The van der Waals surface area contributed by atoms with Gasteiger partial charge in [0.25, 0.3) is 0 Å². The molecule has 0 aliphatic carbocycles. The first-order chi connectivity index (χ1) is 18.7. The van der Waals surface area contributed by atoms with Crippen molar-refractivity contribution in [3.8, 4) is 0 Å². The summed E-state index contributed by atoms with van der Waals surface area (Å²) in [6.07, 6.45) is -0.679. The third-order valence-corrected chi connectivity index (χ3v) is 7.99. The van der Waals surface area contributed by atoms with E-state index in [2.05, 4.69) is 9.97 Å². The zero-order valence-electron chi connectivity index (χ0n) is 22.0. The highest BCUT2D eigenvalue weighted by Crippen LogP contribution is 2.39. The van der Waals surface area contributed by atoms with E-state index in [4.69, 9.17) is 14.2 Å². The summed E-state index contributed by atoms with van der Waals surface area (Å²) in [6.45, 7) is 4.59. The van der Waals surface area contributed by atoms with Crippen LogP contribution in [0.4, 0.5) is 4.39 Å². The van der Waals surface area contributed by atoms with Gasteiger partial charge in [-0.05, 0) is 51.3 Å². The van der Waals surface area contributed by atoms with Crippen molar-refractivity contribution in [2.24, 2.45) is 0 Å². The summed E-state index contributed by atoms with van der Waals surface area (Å²) in [4.78, 5) is 35.2. The number of hydrogen-bond donors (Lipinski definition) is 0. The van der Waals surface area contributed by atoms with Crippen LogP contribution < -0.4 is 0 Å². The molecule has 4 aromatic rings. The van der Waals surface area contributed by atoms with Crippen LogP contribution >= 0.6 is 23.1 Å². The topological polar surface area (TPSA) is 87.6 Å². The summed E-state index contributed by atoms with van der Waals surface area (Å²) in [5, 5.41) is 3.68. The van der Waals surface area contributed by atoms with E-state index in [9.17, 15) is 9.59 Å². The molecule has 0 bridgehead atoms. The predicted octanol–water partition coefficient (Wildman–Crippen LogP) is 6.47. The number of benzene rings is 2. The number of alkyl halides is 1. The van der Waals surface area contributed by atoms with Crippen LogP contribution in [-0.2, 0) is 19.8 Å². The number of halogens is 1. The van der Waals surface area contributed by atoms with Gasteiger partial charge in [0.15, 0.2) is 6.10 Å². The average Bonchev–Trinajstić information content (AvgIpc) is 3.40. The molecule has 7 nitrogen and oxygen atoms in total. The van der Waals surface area contributed by atoms with Gasteiger partial charge in [-0.1, -0.05) is 36.4 Å². The maximum Gasteiger partial charge on any atom is 0.338 e. The molecule has 3 atom stereocenters. The third-order valence-electron chi connectivity index (χ3n) is 6.00. The van der Waals surface area contributed by atoms with Gasteiger partial charge in [0.1, 0.15) is 30.2 Å². The molecule has 2 heterocycles. The zero-order chi connectivity index (χ0) is 28.0. The Balaban J connectivity index is 1.64. The van der Waals surface area contributed by atoms with Crippen LogP contribution in [0.25, 0.3) is 10.9 Å². The van der Waals surface area contributed by atoms with Gasteiger partial charge in [-0.3, -0.25) is 0 Å². The number of carbonyl (C=O) groups is 2. The molecule has 0 spiro atoms. The molecule has 0 saturated heterocycles. The molecule has 4 rings (SSSR count). The number of carbonyl (C=O) groups excluding carboxylic acids is 2. The van der Waals surface area contributed by atoms with Crippen LogP contribution in [-0.4, -0.2) is 53.1 Å². The van der Waals surface area contributed by atoms with Crippen LogP contribution in [0, 0.1) is 0 Å². The second kappa shape index (κ2) is 12.7. The fourth-order valence-corrected chi connectivity index (χ4v) is 5.77. The summed E-state index contributed by atoms with van der Waals surface area (Å²) in [7, 11) is 0. The maximum atomic E-state index is 15.1. The lowest BCUT2D eigenvalue weighted by molar-refractivity contribution is -0.153. The van der Waals surface area contributed by atoms with Crippen molar-refractivity contribution in [1.29, 1.82) is 0 Å². The SMILES string of the molecule is CSc1ncnc2c(C(C)(C)O[C@H](COC(=O)c3ccccc3)[C@@H](OC(=O)c3ccccc3)[C@@H](C)F)scc12. The van der Waals surface area contributed by atoms with Gasteiger partial charge < -0.3 is 14.2 Å². The van der Waals surface area contributed by atoms with Gasteiger partial charge >= 0.3 is 11.9 Å². The highest BCUT2D eigenvalue weighted by atomic mass is 32.2. The van der Waals surface area contributed by atoms with Crippen molar-refractivity contribution >= 4 is 45.9 Å². The molecule has 10 heteroatoms. The molecule has 0 fully saturated rings. The van der Waals surface area contributed by atoms with Crippen LogP contribution in [0.3, 0.4) is 0 Å². The zero-order valence-corrected chi connectivity index (χ0v) is 23.6. The summed E-state index contributed by atoms with van der Waals surface area (Å²) in [5.74, 6) is -1.30. The number of hydrogen-bond acceptors (Lipinski definition) is 9. The Labute approximate surface area is 234 Å². The number of fused-ring (bicyclic) bond motifs is 1. The van der Waals surface area contributed by atoms with E-state index in [0.717, 1.165) is 20.8 Å². The first kappa shape index (κ1) is 28.7. The first-order valence-electron chi connectivity index (χ1n) is 12.3. The molecular weight excluding hydrogens is 539 g/mol. The van der Waals surface area contributed by atoms with E-state index in [0.29, 0.717) is 5.56 Å². The number of thiophene rings is 1. The summed E-state index contributed by atoms with van der Waals surface area (Å²) < 4.78 is 32.7. The van der Waals surface area contributed by atoms with Crippen molar-refractivity contribution in [2.45, 2.75) is 49.8 Å². The summed E-state index contributed by atoms with van der Waals surface area (Å²) in [5.41, 5.74) is 0.322. The van der Waals surface area contributed by atoms with Crippen molar-refractivity contribution < 1.29 is 28.2 Å². The van der Waals surface area contributed by atoms with Crippen molar-refractivity contribution in [3.63, 3.8) is 0 Å². The van der Waals surface area contributed by atoms with E-state index < -0.39 is 35.9 Å². The Bertz CT molecular complexity index is 1410. The van der Waals surface area contributed by atoms with E-state index in [-0.39, 0.29) is 12.2 Å². The largest absolute Gasteiger partial charge is 0.459 e. The lowest BCUT2D eigenvalue weighted by atomic mass is 10.0. The Morgan fingerprint density at radius 2 is 1.62 bits per heavy atom. The Kier molecular flexibility index (Phi) is 9.32. The standard InChI is InChI=1S/C29H29FN2O5S2/c1-18(30)24(36-28(34)20-13-9-6-10-14-20)22(15-35-27(33)19-11-7-5-8-12-19)37-29(2,3)25-23-21(16-39-25)26(38-4)32-17-31-23/h5-14,16-18,22,24H,15H2,1-4H3/t18-,22-,24+/m1/s1. The Morgan fingerprint density at radius 3 is 2.21 bits per heavy atom. The normalized spacial score (nSPS) is 14.0. The fraction of sp³-hybridized carbons (Fsp3) is 0.310. The number of rotatable bonds is 11. The second-order valence-electron chi connectivity index (χ2n) is 9.25. The van der Waals surface area contributed by atoms with Gasteiger partial charge in [0.2, 0.25) is 0 Å². The molecule has 0 aliphatic heterocycles. The molecule has 204 valence electrons. The second-order valence-corrected chi connectivity index (χ2v) is 10.9.